The maximum atomic E-state index is 11.7. The Balaban J connectivity index is 1.68. The van der Waals surface area contributed by atoms with Crippen molar-refractivity contribution in [2.45, 2.75) is 0 Å². The normalized spacial score (nSPS) is 10.0. The summed E-state index contributed by atoms with van der Waals surface area (Å²) in [6.07, 6.45) is 1.46. The summed E-state index contributed by atoms with van der Waals surface area (Å²) in [5.41, 5.74) is 0.739. The van der Waals surface area contributed by atoms with E-state index in [1.165, 1.54) is 18.0 Å². The average Bonchev–Trinajstić information content (AvgIpc) is 2.50. The Morgan fingerprint density at radius 3 is 2.32 bits per heavy atom. The van der Waals surface area contributed by atoms with Crippen LogP contribution in [0.5, 0.6) is 0 Å². The molecular formula is C15H14ClN3O2S. The summed E-state index contributed by atoms with van der Waals surface area (Å²) in [6.45, 7) is 0. The molecule has 22 heavy (non-hydrogen) atoms. The number of carbonyl (C=O) groups excluding carboxylic acids is 2. The van der Waals surface area contributed by atoms with Gasteiger partial charge in [0.05, 0.1) is 16.5 Å². The zero-order chi connectivity index (χ0) is 15.8. The number of aromatic nitrogens is 1. The number of nitrogens with zero attached hydrogens (tertiary/aromatic N) is 1. The number of benzene rings is 1. The van der Waals surface area contributed by atoms with Crippen molar-refractivity contribution in [3.8, 4) is 0 Å². The Morgan fingerprint density at radius 2 is 1.68 bits per heavy atom. The van der Waals surface area contributed by atoms with Gasteiger partial charge < -0.3 is 10.6 Å². The largest absolute Gasteiger partial charge is 0.325 e. The number of thioether (sulfide) groups is 1. The summed E-state index contributed by atoms with van der Waals surface area (Å²) >= 11 is 6.94. The molecule has 0 unspecified atom stereocenters. The van der Waals surface area contributed by atoms with Crippen LogP contribution >= 0.6 is 23.4 Å². The lowest BCUT2D eigenvalue weighted by Crippen LogP contribution is -2.18. The van der Waals surface area contributed by atoms with Gasteiger partial charge in [0.2, 0.25) is 11.8 Å². The van der Waals surface area contributed by atoms with Crippen LogP contribution in [-0.4, -0.2) is 28.3 Å². The van der Waals surface area contributed by atoms with E-state index in [2.05, 4.69) is 15.6 Å². The zero-order valence-electron chi connectivity index (χ0n) is 11.6. The number of nitrogens with one attached hydrogen (secondary N) is 2. The number of hydrogen-bond donors (Lipinski definition) is 2. The molecule has 1 aromatic carbocycles. The van der Waals surface area contributed by atoms with Gasteiger partial charge in [-0.1, -0.05) is 29.8 Å². The lowest BCUT2D eigenvalue weighted by molar-refractivity contribution is -0.114. The maximum Gasteiger partial charge on any atom is 0.235 e. The molecule has 5 nitrogen and oxygen atoms in total. The molecule has 1 aromatic heterocycles. The summed E-state index contributed by atoms with van der Waals surface area (Å²) in [6, 6.07) is 12.4. The lowest BCUT2D eigenvalue weighted by atomic mass is 10.3. The second-order valence-corrected chi connectivity index (χ2v) is 5.74. The number of hydrogen-bond acceptors (Lipinski definition) is 4. The molecule has 0 spiro atoms. The van der Waals surface area contributed by atoms with Gasteiger partial charge in [-0.3, -0.25) is 9.59 Å². The van der Waals surface area contributed by atoms with Crippen LogP contribution in [0.25, 0.3) is 0 Å². The highest BCUT2D eigenvalue weighted by Gasteiger charge is 2.07. The smallest absolute Gasteiger partial charge is 0.235 e. The van der Waals surface area contributed by atoms with Crippen molar-refractivity contribution in [1.82, 2.24) is 4.98 Å². The van der Waals surface area contributed by atoms with Crippen LogP contribution in [0.4, 0.5) is 11.5 Å². The quantitative estimate of drug-likeness (QED) is 0.851. The van der Waals surface area contributed by atoms with E-state index in [-0.39, 0.29) is 23.3 Å². The molecule has 2 N–H and O–H groups in total. The number of amides is 2. The number of carbonyl (C=O) groups is 2. The Morgan fingerprint density at radius 1 is 1.00 bits per heavy atom. The first-order valence-electron chi connectivity index (χ1n) is 6.47. The van der Waals surface area contributed by atoms with Crippen LogP contribution < -0.4 is 10.6 Å². The van der Waals surface area contributed by atoms with Gasteiger partial charge in [0.1, 0.15) is 5.82 Å². The topological polar surface area (TPSA) is 71.1 Å². The fraction of sp³-hybridized carbons (Fsp3) is 0.133. The molecule has 0 saturated carbocycles. The second-order valence-electron chi connectivity index (χ2n) is 4.32. The molecule has 0 radical (unpaired) electrons. The molecule has 2 rings (SSSR count). The number of pyridine rings is 1. The lowest BCUT2D eigenvalue weighted by Gasteiger charge is -2.06. The van der Waals surface area contributed by atoms with Crippen molar-refractivity contribution in [2.24, 2.45) is 0 Å². The molecule has 114 valence electrons. The molecule has 0 aliphatic heterocycles. The van der Waals surface area contributed by atoms with Crippen LogP contribution in [0.15, 0.2) is 48.7 Å². The van der Waals surface area contributed by atoms with Gasteiger partial charge in [0.25, 0.3) is 0 Å². The molecule has 0 bridgehead atoms. The third-order valence-electron chi connectivity index (χ3n) is 2.52. The zero-order valence-corrected chi connectivity index (χ0v) is 13.2. The summed E-state index contributed by atoms with van der Waals surface area (Å²) in [5, 5.41) is 5.89. The Kier molecular flexibility index (Phi) is 6.24. The third kappa shape index (κ3) is 5.75. The molecular weight excluding hydrogens is 322 g/mol. The van der Waals surface area contributed by atoms with Gasteiger partial charge in [-0.05, 0) is 24.3 Å². The fourth-order valence-corrected chi connectivity index (χ4v) is 2.31. The maximum absolute atomic E-state index is 11.7. The van der Waals surface area contributed by atoms with E-state index in [0.29, 0.717) is 10.8 Å². The molecule has 0 atom stereocenters. The van der Waals surface area contributed by atoms with Gasteiger partial charge in [0, 0.05) is 11.9 Å². The molecule has 0 aliphatic rings. The highest BCUT2D eigenvalue weighted by Crippen LogP contribution is 2.11. The van der Waals surface area contributed by atoms with Crippen molar-refractivity contribution < 1.29 is 9.59 Å². The third-order valence-corrected chi connectivity index (χ3v) is 3.67. The molecule has 7 heteroatoms. The summed E-state index contributed by atoms with van der Waals surface area (Å²) in [7, 11) is 0. The van der Waals surface area contributed by atoms with Crippen molar-refractivity contribution in [1.29, 1.82) is 0 Å². The fourth-order valence-electron chi connectivity index (χ4n) is 1.58. The van der Waals surface area contributed by atoms with Gasteiger partial charge in [-0.25, -0.2) is 4.98 Å². The van der Waals surface area contributed by atoms with Gasteiger partial charge >= 0.3 is 0 Å². The Bertz CT molecular complexity index is 635. The van der Waals surface area contributed by atoms with Crippen molar-refractivity contribution in [3.63, 3.8) is 0 Å². The highest BCUT2D eigenvalue weighted by atomic mass is 35.5. The van der Waals surface area contributed by atoms with Gasteiger partial charge in [-0.15, -0.1) is 11.8 Å². The molecule has 2 aromatic rings. The number of para-hydroxylation sites is 1. The average molecular weight is 336 g/mol. The first-order valence-corrected chi connectivity index (χ1v) is 8.01. The van der Waals surface area contributed by atoms with Crippen molar-refractivity contribution >= 4 is 46.7 Å². The van der Waals surface area contributed by atoms with E-state index in [0.717, 1.165) is 5.69 Å². The van der Waals surface area contributed by atoms with E-state index < -0.39 is 0 Å². The first kappa shape index (κ1) is 16.3. The standard InChI is InChI=1S/C15H14ClN3O2S/c16-11-6-7-13(17-8-11)19-15(21)10-22-9-14(20)18-12-4-2-1-3-5-12/h1-8H,9-10H2,(H,18,20)(H,17,19,21). The van der Waals surface area contributed by atoms with Gasteiger partial charge in [0.15, 0.2) is 0 Å². The molecule has 0 saturated heterocycles. The van der Waals surface area contributed by atoms with Crippen LogP contribution in [0.1, 0.15) is 0 Å². The Labute approximate surface area is 137 Å². The predicted molar refractivity (Wildman–Crippen MR) is 90.3 cm³/mol. The second kappa shape index (κ2) is 8.41. The summed E-state index contributed by atoms with van der Waals surface area (Å²) in [5.74, 6) is 0.452. The van der Waals surface area contributed by atoms with Crippen LogP contribution in [0.3, 0.4) is 0 Å². The minimum atomic E-state index is -0.215. The minimum absolute atomic E-state index is 0.145. The van der Waals surface area contributed by atoms with E-state index in [1.54, 1.807) is 12.1 Å². The summed E-state index contributed by atoms with van der Waals surface area (Å²) < 4.78 is 0. The van der Waals surface area contributed by atoms with Crippen LogP contribution in [0, 0.1) is 0 Å². The highest BCUT2D eigenvalue weighted by molar-refractivity contribution is 8.00. The monoisotopic (exact) mass is 335 g/mol. The molecule has 2 amide bonds. The Hall–Kier alpha value is -2.05. The van der Waals surface area contributed by atoms with Crippen LogP contribution in [-0.2, 0) is 9.59 Å². The number of rotatable bonds is 6. The number of anilines is 2. The van der Waals surface area contributed by atoms with E-state index in [4.69, 9.17) is 11.6 Å². The minimum Gasteiger partial charge on any atom is -0.325 e. The van der Waals surface area contributed by atoms with Gasteiger partial charge in [-0.2, -0.15) is 0 Å². The van der Waals surface area contributed by atoms with E-state index in [9.17, 15) is 9.59 Å². The van der Waals surface area contributed by atoms with Crippen molar-refractivity contribution in [2.75, 3.05) is 22.1 Å². The van der Waals surface area contributed by atoms with E-state index in [1.807, 2.05) is 30.3 Å². The van der Waals surface area contributed by atoms with E-state index >= 15 is 0 Å². The van der Waals surface area contributed by atoms with Crippen LogP contribution in [0.2, 0.25) is 5.02 Å². The molecule has 1 heterocycles. The first-order chi connectivity index (χ1) is 10.6. The summed E-state index contributed by atoms with van der Waals surface area (Å²) in [4.78, 5) is 27.4. The number of halogens is 1. The predicted octanol–water partition coefficient (Wildman–Crippen LogP) is 3.05. The van der Waals surface area contributed by atoms with Crippen molar-refractivity contribution in [3.05, 3.63) is 53.7 Å². The molecule has 0 aliphatic carbocycles. The SMILES string of the molecule is O=C(CSCC(=O)Nc1ccc(Cl)cn1)Nc1ccccc1. The molecule has 0 fully saturated rings.